The van der Waals surface area contributed by atoms with Crippen LogP contribution < -0.4 is 4.90 Å². The van der Waals surface area contributed by atoms with E-state index in [0.717, 1.165) is 37.1 Å². The summed E-state index contributed by atoms with van der Waals surface area (Å²) in [7, 11) is 2.99. The molecule has 0 bridgehead atoms. The molecule has 128 valence electrons. The van der Waals surface area contributed by atoms with Crippen LogP contribution in [0.3, 0.4) is 0 Å². The van der Waals surface area contributed by atoms with E-state index in [2.05, 4.69) is 35.6 Å². The molecule has 0 aromatic carbocycles. The second kappa shape index (κ2) is 7.03. The van der Waals surface area contributed by atoms with Crippen molar-refractivity contribution in [2.45, 2.75) is 26.3 Å². The number of carbonyl (C=O) groups is 1. The number of nitrogens with zero attached hydrogens (tertiary/aromatic N) is 4. The van der Waals surface area contributed by atoms with Gasteiger partial charge in [0.2, 0.25) is 0 Å². The number of piperazine rings is 1. The van der Waals surface area contributed by atoms with Gasteiger partial charge in [0.1, 0.15) is 5.82 Å². The molecule has 2 heterocycles. The van der Waals surface area contributed by atoms with Crippen LogP contribution in [-0.2, 0) is 4.84 Å². The van der Waals surface area contributed by atoms with Crippen molar-refractivity contribution in [3.8, 4) is 0 Å². The van der Waals surface area contributed by atoms with Gasteiger partial charge in [0.05, 0.1) is 17.7 Å². The second-order valence-electron chi connectivity index (χ2n) is 6.66. The summed E-state index contributed by atoms with van der Waals surface area (Å²) in [6, 6.07) is 1.65. The zero-order valence-corrected chi connectivity index (χ0v) is 15.2. The lowest BCUT2D eigenvalue weighted by atomic mass is 10.0. The van der Waals surface area contributed by atoms with Gasteiger partial charge >= 0.3 is 0 Å². The van der Waals surface area contributed by atoms with E-state index in [0.29, 0.717) is 10.6 Å². The van der Waals surface area contributed by atoms with Crippen molar-refractivity contribution < 1.29 is 9.63 Å². The van der Waals surface area contributed by atoms with E-state index in [1.54, 1.807) is 19.3 Å². The summed E-state index contributed by atoms with van der Waals surface area (Å²) < 4.78 is 0. The monoisotopic (exact) mass is 340 g/mol. The Morgan fingerprint density at radius 3 is 2.39 bits per heavy atom. The normalized spacial score (nSPS) is 16.5. The third-order valence-corrected chi connectivity index (χ3v) is 4.43. The molecule has 23 heavy (non-hydrogen) atoms. The quantitative estimate of drug-likeness (QED) is 0.790. The molecule has 1 fully saturated rings. The first-order chi connectivity index (χ1) is 10.7. The molecule has 0 unspecified atom stereocenters. The van der Waals surface area contributed by atoms with Crippen molar-refractivity contribution in [1.29, 1.82) is 0 Å². The predicted octanol–water partition coefficient (Wildman–Crippen LogP) is 2.29. The SMILES string of the molecule is CON(C)C(=O)c1cnc(N2CCN(C(C)(C)C)CC2)c(Cl)c1. The minimum Gasteiger partial charge on any atom is -0.353 e. The zero-order chi connectivity index (χ0) is 17.2. The fraction of sp³-hybridized carbons (Fsp3) is 0.625. The molecule has 1 aromatic heterocycles. The lowest BCUT2D eigenvalue weighted by molar-refractivity contribution is -0.0757. The van der Waals surface area contributed by atoms with Gasteiger partial charge in [-0.3, -0.25) is 14.5 Å². The maximum Gasteiger partial charge on any atom is 0.278 e. The molecule has 0 atom stereocenters. The molecule has 1 aliphatic heterocycles. The van der Waals surface area contributed by atoms with Crippen molar-refractivity contribution >= 4 is 23.3 Å². The summed E-state index contributed by atoms with van der Waals surface area (Å²) in [5, 5.41) is 1.64. The van der Waals surface area contributed by atoms with E-state index in [-0.39, 0.29) is 11.4 Å². The Labute approximate surface area is 142 Å². The van der Waals surface area contributed by atoms with E-state index in [1.165, 1.54) is 7.11 Å². The topological polar surface area (TPSA) is 48.9 Å². The van der Waals surface area contributed by atoms with Crippen LogP contribution in [0.2, 0.25) is 5.02 Å². The second-order valence-corrected chi connectivity index (χ2v) is 7.07. The van der Waals surface area contributed by atoms with Gasteiger partial charge < -0.3 is 4.90 Å². The van der Waals surface area contributed by atoms with Gasteiger partial charge in [0, 0.05) is 45.0 Å². The fourth-order valence-corrected chi connectivity index (χ4v) is 2.92. The molecule has 1 aromatic rings. The summed E-state index contributed by atoms with van der Waals surface area (Å²) in [5.74, 6) is 0.461. The van der Waals surface area contributed by atoms with Gasteiger partial charge in [0.15, 0.2) is 0 Å². The molecule has 6 nitrogen and oxygen atoms in total. The summed E-state index contributed by atoms with van der Waals surface area (Å²) in [6.45, 7) is 10.3. The number of hydrogen-bond donors (Lipinski definition) is 0. The average Bonchev–Trinajstić information content (AvgIpc) is 2.52. The molecule has 1 aliphatic rings. The number of hydrogen-bond acceptors (Lipinski definition) is 5. The molecule has 2 rings (SSSR count). The average molecular weight is 341 g/mol. The number of halogens is 1. The maximum absolute atomic E-state index is 12.1. The number of hydroxylamine groups is 2. The van der Waals surface area contributed by atoms with Gasteiger partial charge in [-0.2, -0.15) is 0 Å². The Morgan fingerprint density at radius 2 is 1.91 bits per heavy atom. The van der Waals surface area contributed by atoms with Gasteiger partial charge in [0.25, 0.3) is 5.91 Å². The Balaban J connectivity index is 2.09. The van der Waals surface area contributed by atoms with Gasteiger partial charge in [-0.25, -0.2) is 10.0 Å². The van der Waals surface area contributed by atoms with Crippen LogP contribution in [-0.4, -0.2) is 66.7 Å². The minimum absolute atomic E-state index is 0.171. The lowest BCUT2D eigenvalue weighted by Gasteiger charge is -2.42. The molecular formula is C16H25ClN4O2. The van der Waals surface area contributed by atoms with E-state index < -0.39 is 0 Å². The molecule has 1 amide bonds. The highest BCUT2D eigenvalue weighted by molar-refractivity contribution is 6.33. The van der Waals surface area contributed by atoms with Crippen molar-refractivity contribution in [3.05, 3.63) is 22.8 Å². The van der Waals surface area contributed by atoms with Crippen LogP contribution in [0.4, 0.5) is 5.82 Å². The summed E-state index contributed by atoms with van der Waals surface area (Å²) in [4.78, 5) is 26.0. The molecule has 0 N–H and O–H groups in total. The van der Waals surface area contributed by atoms with Gasteiger partial charge in [-0.05, 0) is 26.8 Å². The number of amides is 1. The van der Waals surface area contributed by atoms with E-state index in [4.69, 9.17) is 16.4 Å². The molecule has 7 heteroatoms. The molecule has 0 spiro atoms. The predicted molar refractivity (Wildman–Crippen MR) is 91.9 cm³/mol. The standard InChI is InChI=1S/C16H25ClN4O2/c1-16(2,3)21-8-6-20(7-9-21)14-13(17)10-12(11-18-14)15(22)19(4)23-5/h10-11H,6-9H2,1-5H3. The number of aromatic nitrogens is 1. The summed E-state index contributed by atoms with van der Waals surface area (Å²) in [5.41, 5.74) is 0.584. The van der Waals surface area contributed by atoms with Crippen molar-refractivity contribution in [2.75, 3.05) is 45.2 Å². The summed E-state index contributed by atoms with van der Waals surface area (Å²) in [6.07, 6.45) is 1.55. The number of anilines is 1. The Hall–Kier alpha value is -1.37. The third-order valence-electron chi connectivity index (χ3n) is 4.16. The Morgan fingerprint density at radius 1 is 1.30 bits per heavy atom. The van der Waals surface area contributed by atoms with Crippen LogP contribution >= 0.6 is 11.6 Å². The zero-order valence-electron chi connectivity index (χ0n) is 14.5. The van der Waals surface area contributed by atoms with Crippen molar-refractivity contribution in [1.82, 2.24) is 14.9 Å². The minimum atomic E-state index is -0.272. The number of carbonyl (C=O) groups excluding carboxylic acids is 1. The van der Waals surface area contributed by atoms with Gasteiger partial charge in [-0.15, -0.1) is 0 Å². The Kier molecular flexibility index (Phi) is 5.49. The molecule has 1 saturated heterocycles. The highest BCUT2D eigenvalue weighted by Gasteiger charge is 2.27. The first kappa shape index (κ1) is 18.0. The molecule has 0 aliphatic carbocycles. The number of rotatable bonds is 3. The van der Waals surface area contributed by atoms with Crippen LogP contribution in [0.1, 0.15) is 31.1 Å². The number of pyridine rings is 1. The Bertz CT molecular complexity index is 566. The van der Waals surface area contributed by atoms with Crippen LogP contribution in [0.15, 0.2) is 12.3 Å². The first-order valence-electron chi connectivity index (χ1n) is 7.71. The maximum atomic E-state index is 12.1. The molecular weight excluding hydrogens is 316 g/mol. The van der Waals surface area contributed by atoms with E-state index in [9.17, 15) is 4.79 Å². The van der Waals surface area contributed by atoms with Gasteiger partial charge in [-0.1, -0.05) is 11.6 Å². The summed E-state index contributed by atoms with van der Waals surface area (Å²) >= 11 is 6.35. The fourth-order valence-electron chi connectivity index (χ4n) is 2.63. The van der Waals surface area contributed by atoms with E-state index >= 15 is 0 Å². The molecule has 0 radical (unpaired) electrons. The van der Waals surface area contributed by atoms with Crippen LogP contribution in [0, 0.1) is 0 Å². The third kappa shape index (κ3) is 4.13. The highest BCUT2D eigenvalue weighted by atomic mass is 35.5. The van der Waals surface area contributed by atoms with Crippen LogP contribution in [0.25, 0.3) is 0 Å². The lowest BCUT2D eigenvalue weighted by Crippen LogP contribution is -2.53. The van der Waals surface area contributed by atoms with Crippen molar-refractivity contribution in [2.24, 2.45) is 0 Å². The molecule has 0 saturated carbocycles. The highest BCUT2D eigenvalue weighted by Crippen LogP contribution is 2.26. The van der Waals surface area contributed by atoms with Crippen molar-refractivity contribution in [3.63, 3.8) is 0 Å². The largest absolute Gasteiger partial charge is 0.353 e. The first-order valence-corrected chi connectivity index (χ1v) is 8.09. The van der Waals surface area contributed by atoms with Crippen LogP contribution in [0.5, 0.6) is 0 Å². The van der Waals surface area contributed by atoms with E-state index in [1.807, 2.05) is 0 Å². The smallest absolute Gasteiger partial charge is 0.278 e.